The molecule has 0 aliphatic rings. The van der Waals surface area contributed by atoms with Gasteiger partial charge in [-0.2, -0.15) is 5.26 Å². The van der Waals surface area contributed by atoms with Crippen LogP contribution in [-0.2, 0) is 35.9 Å². The minimum atomic E-state index is -1.01. The van der Waals surface area contributed by atoms with Gasteiger partial charge in [0, 0.05) is 46.7 Å². The number of nitrogens with zero attached hydrogens (tertiary/aromatic N) is 4. The maximum Gasteiger partial charge on any atom is 0.307 e. The Morgan fingerprint density at radius 1 is 1.14 bits per heavy atom. The molecular formula is C28H49N7O8. The van der Waals surface area contributed by atoms with Crippen molar-refractivity contribution in [1.29, 1.82) is 0 Å². The zero-order valence-corrected chi connectivity index (χ0v) is 26.1. The number of hydrogen-bond donors (Lipinski definition) is 4. The van der Waals surface area contributed by atoms with Crippen molar-refractivity contribution in [3.05, 3.63) is 28.6 Å². The molecule has 5 N–H and O–H groups in total. The standard InChI is InChI=1S/C9H15N3O.C9H16N2O3.C3H5N.C3H2O2.C2H2O2.CH5N.CH4/c1-5-10-9(13)8-6(2)12(4)7(3)11-8;1-5-10-9(14)8(6(2)12)11(4)7(3)13;1-3-4-2;1-2-5-3-4;1-2-4-3;1-2;/h5H2,1-4H3,(H,10,13);8H,5H2,1-4H3,(H,10,14);3H2,1H3;1,3H;1,3H;2H2,1H3;1H4. The first-order valence-electron chi connectivity index (χ1n) is 12.2. The average molecular weight is 612 g/mol. The zero-order valence-electron chi connectivity index (χ0n) is 26.1. The predicted molar refractivity (Wildman–Crippen MR) is 165 cm³/mol. The first-order valence-corrected chi connectivity index (χ1v) is 12.2. The fraction of sp³-hybridized carbons (Fsp3) is 0.536. The average Bonchev–Trinajstić information content (AvgIpc) is 3.22. The first kappa shape index (κ1) is 50.9. The highest BCUT2D eigenvalue weighted by Gasteiger charge is 2.28. The molecule has 1 heterocycles. The lowest BCUT2D eigenvalue weighted by atomic mass is 10.1. The number of Topliss-reactive ketones (excluding diaryl/α,β-unsaturated/α-hetero) is 1. The largest absolute Gasteiger partial charge is 0.375 e. The molecule has 1 aromatic heterocycles. The van der Waals surface area contributed by atoms with Crippen LogP contribution in [0.5, 0.6) is 0 Å². The Morgan fingerprint density at radius 2 is 1.58 bits per heavy atom. The van der Waals surface area contributed by atoms with E-state index < -0.39 is 11.9 Å². The highest BCUT2D eigenvalue weighted by atomic mass is 17.1. The molecule has 15 heteroatoms. The Hall–Kier alpha value is -4.91. The predicted octanol–water partition coefficient (Wildman–Crippen LogP) is 1.30. The number of likely N-dealkylation sites (N-methyl/N-ethyl adjacent to an activating group) is 2. The van der Waals surface area contributed by atoms with E-state index in [1.165, 1.54) is 34.0 Å². The molecule has 244 valence electrons. The quantitative estimate of drug-likeness (QED) is 0.0870. The van der Waals surface area contributed by atoms with Crippen LogP contribution in [-0.4, -0.2) is 89.5 Å². The first-order chi connectivity index (χ1) is 19.7. The molecule has 0 radical (unpaired) electrons. The number of aromatic nitrogens is 2. The summed E-state index contributed by atoms with van der Waals surface area (Å²) >= 11 is 0. The molecule has 0 saturated carbocycles. The van der Waals surface area contributed by atoms with E-state index in [9.17, 15) is 19.2 Å². The van der Waals surface area contributed by atoms with Crippen LogP contribution >= 0.6 is 0 Å². The highest BCUT2D eigenvalue weighted by Crippen LogP contribution is 2.07. The van der Waals surface area contributed by atoms with Gasteiger partial charge in [-0.3, -0.25) is 28.9 Å². The molecule has 3 amide bonds. The number of ketones is 1. The molecule has 1 rings (SSSR count). The third kappa shape index (κ3) is 27.0. The van der Waals surface area contributed by atoms with Gasteiger partial charge in [0.15, 0.2) is 17.9 Å². The lowest BCUT2D eigenvalue weighted by molar-refractivity contribution is -0.171. The molecule has 0 aliphatic carbocycles. The van der Waals surface area contributed by atoms with E-state index in [0.717, 1.165) is 16.4 Å². The minimum Gasteiger partial charge on any atom is -0.375 e. The second kappa shape index (κ2) is 35.1. The monoisotopic (exact) mass is 611 g/mol. The van der Waals surface area contributed by atoms with Gasteiger partial charge in [-0.25, -0.2) is 11.6 Å². The van der Waals surface area contributed by atoms with E-state index >= 15 is 0 Å². The molecule has 1 atom stereocenters. The molecule has 0 aromatic carbocycles. The van der Waals surface area contributed by atoms with Crippen LogP contribution in [0.2, 0.25) is 0 Å². The van der Waals surface area contributed by atoms with Crippen LogP contribution in [0.4, 0.5) is 0 Å². The fourth-order valence-corrected chi connectivity index (χ4v) is 2.29. The lowest BCUT2D eigenvalue weighted by Gasteiger charge is -2.23. The molecule has 15 nitrogen and oxygen atoms in total. The van der Waals surface area contributed by atoms with Crippen LogP contribution in [0.25, 0.3) is 4.85 Å². The topological polar surface area (TPSA) is 200 Å². The molecule has 0 spiro atoms. The molecule has 0 bridgehead atoms. The summed E-state index contributed by atoms with van der Waals surface area (Å²) in [7, 11) is 4.84. The summed E-state index contributed by atoms with van der Waals surface area (Å²) in [5, 5.41) is 12.4. The van der Waals surface area contributed by atoms with Gasteiger partial charge in [-0.05, 0) is 41.7 Å². The maximum atomic E-state index is 11.4. The Bertz CT molecular complexity index is 1040. The highest BCUT2D eigenvalue weighted by molar-refractivity contribution is 6.06. The van der Waals surface area contributed by atoms with E-state index in [0.29, 0.717) is 25.3 Å². The molecule has 0 aliphatic heterocycles. The van der Waals surface area contributed by atoms with Gasteiger partial charge in [0.25, 0.3) is 11.8 Å². The summed E-state index contributed by atoms with van der Waals surface area (Å²) in [4.78, 5) is 65.4. The molecule has 1 unspecified atom stereocenters. The van der Waals surface area contributed by atoms with Gasteiger partial charge in [0.2, 0.25) is 12.5 Å². The Kier molecular flexibility index (Phi) is 41.6. The van der Waals surface area contributed by atoms with Crippen LogP contribution < -0.4 is 16.4 Å². The van der Waals surface area contributed by atoms with Crippen molar-refractivity contribution < 1.29 is 38.9 Å². The Balaban J connectivity index is -0.000000108. The van der Waals surface area contributed by atoms with Crippen LogP contribution in [0.3, 0.4) is 0 Å². The summed E-state index contributed by atoms with van der Waals surface area (Å²) in [6, 6.07) is -1.01. The molecular weight excluding hydrogens is 562 g/mol. The summed E-state index contributed by atoms with van der Waals surface area (Å²) in [5.41, 5.74) is 5.94. The molecule has 0 saturated heterocycles. The second-order valence-electron chi connectivity index (χ2n) is 7.06. The number of nitrogens with one attached hydrogen (secondary N) is 2. The number of imidazole rings is 1. The number of carbonyl (C=O) groups is 5. The van der Waals surface area contributed by atoms with Crippen LogP contribution in [0, 0.1) is 45.5 Å². The third-order valence-corrected chi connectivity index (χ3v) is 4.35. The van der Waals surface area contributed by atoms with Gasteiger partial charge in [-0.15, -0.1) is 0 Å². The smallest absolute Gasteiger partial charge is 0.307 e. The number of rotatable bonds is 7. The van der Waals surface area contributed by atoms with Crippen molar-refractivity contribution in [3.8, 4) is 25.1 Å². The number of ether oxygens (including phenoxy) is 1. The van der Waals surface area contributed by atoms with E-state index in [1.54, 1.807) is 13.0 Å². The van der Waals surface area contributed by atoms with E-state index in [4.69, 9.17) is 16.6 Å². The molecule has 43 heavy (non-hydrogen) atoms. The molecule has 0 fully saturated rings. The van der Waals surface area contributed by atoms with Crippen molar-refractivity contribution in [1.82, 2.24) is 25.1 Å². The van der Waals surface area contributed by atoms with E-state index in [2.05, 4.69) is 48.7 Å². The van der Waals surface area contributed by atoms with Gasteiger partial charge in [0.05, 0.1) is 0 Å². The maximum absolute atomic E-state index is 11.4. The van der Waals surface area contributed by atoms with Crippen LogP contribution in [0.15, 0.2) is 0 Å². The summed E-state index contributed by atoms with van der Waals surface area (Å²) in [5.74, 6) is -0.315. The minimum absolute atomic E-state index is 0. The number of amides is 3. The fourth-order valence-electron chi connectivity index (χ4n) is 2.29. The normalized spacial score (nSPS) is 8.40. The zero-order chi connectivity index (χ0) is 34.3. The van der Waals surface area contributed by atoms with Gasteiger partial charge >= 0.3 is 6.47 Å². The summed E-state index contributed by atoms with van der Waals surface area (Å²) < 4.78 is 5.59. The van der Waals surface area contributed by atoms with Gasteiger partial charge < -0.3 is 35.4 Å². The van der Waals surface area contributed by atoms with Gasteiger partial charge in [-0.1, -0.05) is 20.3 Å². The van der Waals surface area contributed by atoms with Crippen LogP contribution in [0.1, 0.15) is 64.1 Å². The lowest BCUT2D eigenvalue weighted by Crippen LogP contribution is -2.50. The van der Waals surface area contributed by atoms with Crippen molar-refractivity contribution in [2.45, 2.75) is 61.9 Å². The number of nitrogens with two attached hydrogens (primary N) is 1. The summed E-state index contributed by atoms with van der Waals surface area (Å²) in [6.45, 7) is 19.8. The Morgan fingerprint density at radius 3 is 1.79 bits per heavy atom. The van der Waals surface area contributed by atoms with E-state index in [1.807, 2.05) is 39.3 Å². The van der Waals surface area contributed by atoms with Crippen molar-refractivity contribution >= 4 is 30.0 Å². The van der Waals surface area contributed by atoms with Crippen molar-refractivity contribution in [3.63, 3.8) is 0 Å². The molecule has 1 aromatic rings. The number of carbonyl (C=O) groups excluding carboxylic acids is 5. The third-order valence-electron chi connectivity index (χ3n) is 4.35. The number of terminal acetylenes is 2. The van der Waals surface area contributed by atoms with E-state index in [-0.39, 0.29) is 31.5 Å². The second-order valence-corrected chi connectivity index (χ2v) is 7.06. The van der Waals surface area contributed by atoms with Crippen molar-refractivity contribution in [2.75, 3.05) is 33.7 Å². The van der Waals surface area contributed by atoms with Crippen molar-refractivity contribution in [2.24, 2.45) is 12.8 Å². The van der Waals surface area contributed by atoms with Gasteiger partial charge in [0.1, 0.15) is 17.6 Å². The Labute approximate surface area is 256 Å². The number of hydrogen-bond acceptors (Lipinski definition) is 10. The number of aryl methyl sites for hydroxylation is 1. The summed E-state index contributed by atoms with van der Waals surface area (Å²) in [6.07, 6.45) is 11.9. The SMILES string of the molecule is C.C#COC=O.C#COO.CCNC(=O)C(C(C)=O)N(C)C(C)=O.CCNC(=O)c1nc(C)n(C)c1C.CN.[C-]#[N+]CC.